The van der Waals surface area contributed by atoms with Crippen molar-refractivity contribution in [3.8, 4) is 0 Å². The lowest BCUT2D eigenvalue weighted by molar-refractivity contribution is 0.0383. The Kier molecular flexibility index (Phi) is 6.22. The molecule has 4 rings (SSSR count). The van der Waals surface area contributed by atoms with Gasteiger partial charge in [0.1, 0.15) is 0 Å². The third-order valence-corrected chi connectivity index (χ3v) is 5.63. The summed E-state index contributed by atoms with van der Waals surface area (Å²) in [5.74, 6) is -0.0945. The third-order valence-electron chi connectivity index (χ3n) is 5.63. The summed E-state index contributed by atoms with van der Waals surface area (Å²) >= 11 is 0. The van der Waals surface area contributed by atoms with Crippen molar-refractivity contribution in [3.63, 3.8) is 0 Å². The number of hydrogen-bond donors (Lipinski definition) is 1. The second-order valence-corrected chi connectivity index (χ2v) is 7.53. The minimum atomic E-state index is -0.107. The van der Waals surface area contributed by atoms with E-state index in [0.717, 1.165) is 45.8 Å². The van der Waals surface area contributed by atoms with Crippen LogP contribution in [0.5, 0.6) is 0 Å². The molecule has 2 aliphatic heterocycles. The van der Waals surface area contributed by atoms with Crippen molar-refractivity contribution in [2.75, 3.05) is 45.9 Å². The van der Waals surface area contributed by atoms with Crippen LogP contribution in [0, 0.1) is 0 Å². The van der Waals surface area contributed by atoms with Crippen molar-refractivity contribution in [2.45, 2.75) is 13.0 Å². The van der Waals surface area contributed by atoms with Crippen LogP contribution in [0.1, 0.15) is 31.8 Å². The van der Waals surface area contributed by atoms with Crippen LogP contribution in [-0.2, 0) is 17.7 Å². The highest BCUT2D eigenvalue weighted by molar-refractivity contribution is 5.97. The Labute approximate surface area is 171 Å². The molecule has 2 aliphatic rings. The number of carbonyl (C=O) groups excluding carboxylic acids is 2. The maximum Gasteiger partial charge on any atom is 0.254 e. The van der Waals surface area contributed by atoms with Crippen molar-refractivity contribution in [1.82, 2.24) is 15.1 Å². The summed E-state index contributed by atoms with van der Waals surface area (Å²) in [7, 11) is 0. The van der Waals surface area contributed by atoms with Gasteiger partial charge in [0.2, 0.25) is 0 Å². The number of hydrogen-bond acceptors (Lipinski definition) is 4. The van der Waals surface area contributed by atoms with Crippen LogP contribution in [0.3, 0.4) is 0 Å². The second kappa shape index (κ2) is 9.20. The van der Waals surface area contributed by atoms with E-state index in [-0.39, 0.29) is 11.8 Å². The Morgan fingerprint density at radius 2 is 1.59 bits per heavy atom. The summed E-state index contributed by atoms with van der Waals surface area (Å²) in [4.78, 5) is 29.4. The molecular formula is C23H27N3O3. The molecule has 6 nitrogen and oxygen atoms in total. The summed E-state index contributed by atoms with van der Waals surface area (Å²) in [5, 5.41) is 2.95. The van der Waals surface area contributed by atoms with Crippen molar-refractivity contribution in [1.29, 1.82) is 0 Å². The highest BCUT2D eigenvalue weighted by Crippen LogP contribution is 2.20. The molecule has 0 spiro atoms. The fourth-order valence-corrected chi connectivity index (χ4v) is 3.87. The maximum atomic E-state index is 12.8. The first kappa shape index (κ1) is 19.6. The lowest BCUT2D eigenvalue weighted by atomic mass is 9.99. The first-order chi connectivity index (χ1) is 14.2. The van der Waals surface area contributed by atoms with Crippen LogP contribution < -0.4 is 5.32 Å². The lowest BCUT2D eigenvalue weighted by Gasteiger charge is -2.29. The van der Waals surface area contributed by atoms with Crippen molar-refractivity contribution in [3.05, 3.63) is 70.8 Å². The molecule has 0 aromatic heterocycles. The van der Waals surface area contributed by atoms with Gasteiger partial charge in [0, 0.05) is 50.4 Å². The average molecular weight is 393 g/mol. The van der Waals surface area contributed by atoms with Gasteiger partial charge in [-0.25, -0.2) is 0 Å². The number of rotatable bonds is 5. The van der Waals surface area contributed by atoms with E-state index >= 15 is 0 Å². The highest BCUT2D eigenvalue weighted by atomic mass is 16.5. The smallest absolute Gasteiger partial charge is 0.254 e. The Morgan fingerprint density at radius 1 is 0.897 bits per heavy atom. The van der Waals surface area contributed by atoms with Crippen LogP contribution in [0.2, 0.25) is 0 Å². The molecule has 6 heteroatoms. The van der Waals surface area contributed by atoms with Crippen molar-refractivity contribution in [2.24, 2.45) is 0 Å². The van der Waals surface area contributed by atoms with Gasteiger partial charge < -0.3 is 15.0 Å². The van der Waals surface area contributed by atoms with E-state index in [9.17, 15) is 9.59 Å². The zero-order valence-corrected chi connectivity index (χ0v) is 16.6. The largest absolute Gasteiger partial charge is 0.379 e. The van der Waals surface area contributed by atoms with E-state index in [1.165, 1.54) is 11.1 Å². The van der Waals surface area contributed by atoms with Gasteiger partial charge in [-0.15, -0.1) is 0 Å². The summed E-state index contributed by atoms with van der Waals surface area (Å²) in [6.07, 6.45) is 0.881. The monoisotopic (exact) mass is 393 g/mol. The Balaban J connectivity index is 1.30. The van der Waals surface area contributed by atoms with Crippen LogP contribution in [0.4, 0.5) is 0 Å². The van der Waals surface area contributed by atoms with Gasteiger partial charge in [0.05, 0.1) is 13.2 Å². The molecule has 1 saturated heterocycles. The predicted octanol–water partition coefficient (Wildman–Crippen LogP) is 1.95. The van der Waals surface area contributed by atoms with Crippen LogP contribution >= 0.6 is 0 Å². The molecule has 0 saturated carbocycles. The molecule has 1 N–H and O–H groups in total. The van der Waals surface area contributed by atoms with E-state index < -0.39 is 0 Å². The molecule has 2 aromatic carbocycles. The Bertz CT molecular complexity index is 860. The van der Waals surface area contributed by atoms with Gasteiger partial charge in [-0.1, -0.05) is 24.3 Å². The number of ether oxygens (including phenoxy) is 1. The minimum Gasteiger partial charge on any atom is -0.379 e. The van der Waals surface area contributed by atoms with Crippen LogP contribution in [-0.4, -0.2) is 67.6 Å². The molecule has 2 heterocycles. The third kappa shape index (κ3) is 4.83. The fraction of sp³-hybridized carbons (Fsp3) is 0.391. The number of amides is 2. The maximum absolute atomic E-state index is 12.8. The zero-order valence-electron chi connectivity index (χ0n) is 16.6. The average Bonchev–Trinajstić information content (AvgIpc) is 2.79. The number of nitrogens with zero attached hydrogens (tertiary/aromatic N) is 2. The molecule has 0 radical (unpaired) electrons. The number of carbonyl (C=O) groups is 2. The summed E-state index contributed by atoms with van der Waals surface area (Å²) in [5.41, 5.74) is 3.73. The van der Waals surface area contributed by atoms with E-state index in [1.807, 2.05) is 17.0 Å². The standard InChI is InChI=1S/C23H27N3O3/c27-22(24-10-12-25-13-15-29-16-14-25)19-5-7-20(8-6-19)23(28)26-11-9-18-3-1-2-4-21(18)17-26/h1-8H,9-17H2,(H,24,27). The van der Waals surface area contributed by atoms with Crippen molar-refractivity contribution < 1.29 is 14.3 Å². The van der Waals surface area contributed by atoms with Gasteiger partial charge in [0.15, 0.2) is 0 Å². The number of fused-ring (bicyclic) bond motifs is 1. The predicted molar refractivity (Wildman–Crippen MR) is 111 cm³/mol. The first-order valence-electron chi connectivity index (χ1n) is 10.2. The van der Waals surface area contributed by atoms with Gasteiger partial charge in [-0.2, -0.15) is 0 Å². The number of nitrogens with one attached hydrogen (secondary N) is 1. The first-order valence-corrected chi connectivity index (χ1v) is 10.2. The second-order valence-electron chi connectivity index (χ2n) is 7.53. The van der Waals surface area contributed by atoms with Gasteiger partial charge >= 0.3 is 0 Å². The van der Waals surface area contributed by atoms with E-state index in [1.54, 1.807) is 24.3 Å². The van der Waals surface area contributed by atoms with E-state index in [0.29, 0.717) is 24.2 Å². The zero-order chi connectivity index (χ0) is 20.1. The normalized spacial score (nSPS) is 16.9. The summed E-state index contributed by atoms with van der Waals surface area (Å²) in [6.45, 7) is 6.12. The van der Waals surface area contributed by atoms with Crippen LogP contribution in [0.15, 0.2) is 48.5 Å². The highest BCUT2D eigenvalue weighted by Gasteiger charge is 2.21. The molecule has 0 unspecified atom stereocenters. The molecular weight excluding hydrogens is 366 g/mol. The summed E-state index contributed by atoms with van der Waals surface area (Å²) < 4.78 is 5.33. The van der Waals surface area contributed by atoms with E-state index in [4.69, 9.17) is 4.74 Å². The van der Waals surface area contributed by atoms with Gasteiger partial charge in [-0.05, 0) is 41.8 Å². The molecule has 0 aliphatic carbocycles. The number of morpholine rings is 1. The molecule has 29 heavy (non-hydrogen) atoms. The molecule has 0 bridgehead atoms. The Hall–Kier alpha value is -2.70. The molecule has 2 aromatic rings. The quantitative estimate of drug-likeness (QED) is 0.844. The summed E-state index contributed by atoms with van der Waals surface area (Å²) in [6, 6.07) is 15.2. The minimum absolute atomic E-state index is 0.0128. The van der Waals surface area contributed by atoms with Gasteiger partial charge in [-0.3, -0.25) is 14.5 Å². The molecule has 152 valence electrons. The SMILES string of the molecule is O=C(NCCN1CCOCC1)c1ccc(C(=O)N2CCc3ccccc3C2)cc1. The van der Waals surface area contributed by atoms with E-state index in [2.05, 4.69) is 22.3 Å². The van der Waals surface area contributed by atoms with Crippen LogP contribution in [0.25, 0.3) is 0 Å². The molecule has 2 amide bonds. The van der Waals surface area contributed by atoms with Crippen molar-refractivity contribution >= 4 is 11.8 Å². The topological polar surface area (TPSA) is 61.9 Å². The van der Waals surface area contributed by atoms with Gasteiger partial charge in [0.25, 0.3) is 11.8 Å². The molecule has 1 fully saturated rings. The lowest BCUT2D eigenvalue weighted by Crippen LogP contribution is -2.41. The Morgan fingerprint density at radius 3 is 2.34 bits per heavy atom. The molecule has 0 atom stereocenters. The fourth-order valence-electron chi connectivity index (χ4n) is 3.87. The number of benzene rings is 2.